The van der Waals surface area contributed by atoms with Crippen molar-refractivity contribution in [3.63, 3.8) is 0 Å². The van der Waals surface area contributed by atoms with Crippen LogP contribution in [0.2, 0.25) is 0 Å². The number of hydrogen-bond donors (Lipinski definition) is 0. The van der Waals surface area contributed by atoms with Gasteiger partial charge in [0.15, 0.2) is 5.78 Å². The lowest BCUT2D eigenvalue weighted by Gasteiger charge is -2.30. The standard InChI is InChI=1S/C15H24N2O3S/c1-11-8-12-13(9-15(2,3)10-14(12)18)17(11)6-7-21(19,20)16(4)5/h8H,6-7,9-10H2,1-5H3. The highest BCUT2D eigenvalue weighted by Gasteiger charge is 2.34. The predicted molar refractivity (Wildman–Crippen MR) is 83.1 cm³/mol. The molecule has 1 heterocycles. The molecule has 21 heavy (non-hydrogen) atoms. The van der Waals surface area contributed by atoms with E-state index < -0.39 is 10.0 Å². The Labute approximate surface area is 127 Å². The van der Waals surface area contributed by atoms with Crippen molar-refractivity contribution in [2.75, 3.05) is 19.8 Å². The van der Waals surface area contributed by atoms with Gasteiger partial charge in [0, 0.05) is 44.0 Å². The van der Waals surface area contributed by atoms with E-state index in [-0.39, 0.29) is 17.0 Å². The zero-order valence-electron chi connectivity index (χ0n) is 13.4. The summed E-state index contributed by atoms with van der Waals surface area (Å²) in [5, 5.41) is 0. The molecule has 2 rings (SSSR count). The molecule has 0 radical (unpaired) electrons. The summed E-state index contributed by atoms with van der Waals surface area (Å²) in [4.78, 5) is 12.2. The summed E-state index contributed by atoms with van der Waals surface area (Å²) in [5.74, 6) is 0.218. The van der Waals surface area contributed by atoms with E-state index in [4.69, 9.17) is 0 Å². The zero-order valence-corrected chi connectivity index (χ0v) is 14.2. The SMILES string of the molecule is Cc1cc2c(n1CCS(=O)(=O)N(C)C)CC(C)(C)CC2=O. The van der Waals surface area contributed by atoms with Crippen molar-refractivity contribution in [2.24, 2.45) is 5.41 Å². The molecule has 5 nitrogen and oxygen atoms in total. The van der Waals surface area contributed by atoms with Crippen LogP contribution in [0.3, 0.4) is 0 Å². The van der Waals surface area contributed by atoms with E-state index in [0.717, 1.165) is 23.4 Å². The van der Waals surface area contributed by atoms with Gasteiger partial charge in [0.1, 0.15) is 0 Å². The Kier molecular flexibility index (Phi) is 4.06. The molecule has 0 atom stereocenters. The second kappa shape index (κ2) is 5.25. The second-order valence-corrected chi connectivity index (χ2v) is 9.14. The molecule has 0 saturated carbocycles. The molecule has 1 aliphatic rings. The highest BCUT2D eigenvalue weighted by Crippen LogP contribution is 2.36. The van der Waals surface area contributed by atoms with Gasteiger partial charge in [-0.1, -0.05) is 13.8 Å². The lowest BCUT2D eigenvalue weighted by atomic mass is 9.76. The molecular formula is C15H24N2O3S. The average molecular weight is 312 g/mol. The molecule has 1 aromatic heterocycles. The quantitative estimate of drug-likeness (QED) is 0.852. The number of ketones is 1. The third kappa shape index (κ3) is 3.21. The minimum absolute atomic E-state index is 0.0522. The molecule has 0 spiro atoms. The molecule has 1 aliphatic carbocycles. The minimum atomic E-state index is -3.23. The summed E-state index contributed by atoms with van der Waals surface area (Å²) >= 11 is 0. The Morgan fingerprint density at radius 2 is 1.90 bits per heavy atom. The molecule has 6 heteroatoms. The van der Waals surface area contributed by atoms with Crippen molar-refractivity contribution < 1.29 is 13.2 Å². The fraction of sp³-hybridized carbons (Fsp3) is 0.667. The van der Waals surface area contributed by atoms with Crippen LogP contribution in [0.15, 0.2) is 6.07 Å². The number of sulfonamides is 1. The average Bonchev–Trinajstić information content (AvgIpc) is 2.62. The van der Waals surface area contributed by atoms with Gasteiger partial charge in [0.05, 0.1) is 5.75 Å². The summed E-state index contributed by atoms with van der Waals surface area (Å²) < 4.78 is 27.1. The topological polar surface area (TPSA) is 59.4 Å². The molecule has 0 unspecified atom stereocenters. The van der Waals surface area contributed by atoms with Crippen molar-refractivity contribution in [1.29, 1.82) is 0 Å². The number of hydrogen-bond acceptors (Lipinski definition) is 3. The second-order valence-electron chi connectivity index (χ2n) is 6.84. The van der Waals surface area contributed by atoms with Gasteiger partial charge in [-0.15, -0.1) is 0 Å². The van der Waals surface area contributed by atoms with E-state index >= 15 is 0 Å². The lowest BCUT2D eigenvalue weighted by molar-refractivity contribution is 0.0910. The Hall–Kier alpha value is -1.14. The van der Waals surface area contributed by atoms with Crippen LogP contribution in [-0.2, 0) is 23.0 Å². The number of fused-ring (bicyclic) bond motifs is 1. The zero-order chi connectivity index (χ0) is 16.0. The van der Waals surface area contributed by atoms with Gasteiger partial charge in [-0.05, 0) is 24.8 Å². The van der Waals surface area contributed by atoms with E-state index in [1.54, 1.807) is 14.1 Å². The van der Waals surface area contributed by atoms with Gasteiger partial charge in [-0.3, -0.25) is 4.79 Å². The normalized spacial score (nSPS) is 18.1. The summed E-state index contributed by atoms with van der Waals surface area (Å²) in [6, 6.07) is 1.90. The van der Waals surface area contributed by atoms with Crippen LogP contribution in [0.5, 0.6) is 0 Å². The molecule has 0 N–H and O–H groups in total. The van der Waals surface area contributed by atoms with E-state index in [1.807, 2.05) is 17.6 Å². The highest BCUT2D eigenvalue weighted by atomic mass is 32.2. The first-order chi connectivity index (χ1) is 9.53. The van der Waals surface area contributed by atoms with Crippen molar-refractivity contribution in [3.8, 4) is 0 Å². The fourth-order valence-corrected chi connectivity index (χ4v) is 3.69. The Morgan fingerprint density at radius 3 is 2.48 bits per heavy atom. The first-order valence-corrected chi connectivity index (χ1v) is 8.77. The molecule has 0 aliphatic heterocycles. The fourth-order valence-electron chi connectivity index (χ4n) is 2.91. The molecule has 1 aromatic rings. The Balaban J connectivity index is 2.33. The van der Waals surface area contributed by atoms with Gasteiger partial charge in [-0.2, -0.15) is 0 Å². The van der Waals surface area contributed by atoms with Crippen LogP contribution in [0.1, 0.15) is 42.0 Å². The van der Waals surface area contributed by atoms with Crippen LogP contribution >= 0.6 is 0 Å². The lowest BCUT2D eigenvalue weighted by Crippen LogP contribution is -2.30. The van der Waals surface area contributed by atoms with Gasteiger partial charge in [0.25, 0.3) is 0 Å². The Morgan fingerprint density at radius 1 is 1.29 bits per heavy atom. The number of carbonyl (C=O) groups is 1. The molecule has 0 fully saturated rings. The summed E-state index contributed by atoms with van der Waals surface area (Å²) in [6.45, 7) is 6.49. The minimum Gasteiger partial charge on any atom is -0.347 e. The van der Waals surface area contributed by atoms with Crippen LogP contribution in [0.4, 0.5) is 0 Å². The van der Waals surface area contributed by atoms with E-state index in [1.165, 1.54) is 4.31 Å². The third-order valence-corrected chi connectivity index (χ3v) is 5.94. The number of nitrogens with zero attached hydrogens (tertiary/aromatic N) is 2. The molecule has 118 valence electrons. The van der Waals surface area contributed by atoms with Gasteiger partial charge in [0.2, 0.25) is 10.0 Å². The monoisotopic (exact) mass is 312 g/mol. The van der Waals surface area contributed by atoms with E-state index in [0.29, 0.717) is 13.0 Å². The number of aromatic nitrogens is 1. The van der Waals surface area contributed by atoms with Gasteiger partial charge < -0.3 is 4.57 Å². The number of carbonyl (C=O) groups excluding carboxylic acids is 1. The maximum atomic E-state index is 12.2. The highest BCUT2D eigenvalue weighted by molar-refractivity contribution is 7.89. The van der Waals surface area contributed by atoms with Gasteiger partial charge in [-0.25, -0.2) is 12.7 Å². The summed E-state index contributed by atoms with van der Waals surface area (Å²) in [5.41, 5.74) is 2.66. The summed E-state index contributed by atoms with van der Waals surface area (Å²) in [7, 11) is -0.149. The maximum Gasteiger partial charge on any atom is 0.215 e. The smallest absolute Gasteiger partial charge is 0.215 e. The molecule has 0 aromatic carbocycles. The summed E-state index contributed by atoms with van der Waals surface area (Å²) in [6.07, 6.45) is 1.36. The van der Waals surface area contributed by atoms with Crippen molar-refractivity contribution in [1.82, 2.24) is 8.87 Å². The molecule has 0 saturated heterocycles. The van der Waals surface area contributed by atoms with Crippen LogP contribution in [-0.4, -0.2) is 42.9 Å². The van der Waals surface area contributed by atoms with Crippen LogP contribution < -0.4 is 0 Å². The van der Waals surface area contributed by atoms with Crippen molar-refractivity contribution in [3.05, 3.63) is 23.0 Å². The van der Waals surface area contributed by atoms with Crippen molar-refractivity contribution >= 4 is 15.8 Å². The van der Waals surface area contributed by atoms with Crippen LogP contribution in [0, 0.1) is 12.3 Å². The van der Waals surface area contributed by atoms with E-state index in [9.17, 15) is 13.2 Å². The van der Waals surface area contributed by atoms with Gasteiger partial charge >= 0.3 is 0 Å². The molecular weight excluding hydrogens is 288 g/mol. The number of Topliss-reactive ketones (excluding diaryl/α,β-unsaturated/α-hetero) is 1. The van der Waals surface area contributed by atoms with Crippen molar-refractivity contribution in [2.45, 2.75) is 40.2 Å². The maximum absolute atomic E-state index is 12.2. The first-order valence-electron chi connectivity index (χ1n) is 7.16. The first kappa shape index (κ1) is 16.2. The largest absolute Gasteiger partial charge is 0.347 e. The molecule has 0 amide bonds. The number of aryl methyl sites for hydroxylation is 1. The number of rotatable bonds is 4. The molecule has 0 bridgehead atoms. The van der Waals surface area contributed by atoms with Crippen LogP contribution in [0.25, 0.3) is 0 Å². The third-order valence-electron chi connectivity index (χ3n) is 4.13. The van der Waals surface area contributed by atoms with E-state index in [2.05, 4.69) is 13.8 Å². The predicted octanol–water partition coefficient (Wildman–Crippen LogP) is 1.84. The Bertz CT molecular complexity index is 669.